The highest BCUT2D eigenvalue weighted by molar-refractivity contribution is 6.64. The van der Waals surface area contributed by atoms with Gasteiger partial charge in [-0.15, -0.1) is 6.58 Å². The van der Waals surface area contributed by atoms with E-state index in [0.29, 0.717) is 0 Å². The predicted octanol–water partition coefficient (Wildman–Crippen LogP) is 2.01. The van der Waals surface area contributed by atoms with Crippen LogP contribution in [0.2, 0.25) is 0 Å². The molecule has 0 heterocycles. The summed E-state index contributed by atoms with van der Waals surface area (Å²) in [6.45, 7) is 3.20. The maximum atomic E-state index is 11.0. The smallest absolute Gasteiger partial charge is 0.367 e. The molecule has 0 N–H and O–H groups in total. The molecule has 78 valence electrons. The largest absolute Gasteiger partial charge is 0.644 e. The third-order valence-electron chi connectivity index (χ3n) is 0.572. The lowest BCUT2D eigenvalue weighted by molar-refractivity contribution is -0.0472. The molecule has 0 aromatic carbocycles. The lowest BCUT2D eigenvalue weighted by atomic mass is 11.3. The molecule has 13 heavy (non-hydrogen) atoms. The molecule has 0 atom stereocenters. The molecule has 0 radical (unpaired) electrons. The van der Waals surface area contributed by atoms with Crippen LogP contribution in [0, 0.1) is 0 Å². The first kappa shape index (κ1) is 15.0. The highest BCUT2D eigenvalue weighted by Crippen LogP contribution is 2.06. The van der Waals surface area contributed by atoms with Crippen molar-refractivity contribution in [3.05, 3.63) is 24.6 Å². The van der Waals surface area contributed by atoms with Crippen LogP contribution in [0.3, 0.4) is 0 Å². The van der Waals surface area contributed by atoms with Crippen LogP contribution >= 0.6 is 0 Å². The Hall–Kier alpha value is -0.476. The summed E-state index contributed by atoms with van der Waals surface area (Å²) in [5, 5.41) is 0. The summed E-state index contributed by atoms with van der Waals surface area (Å²) in [4.78, 5) is 0. The molecule has 0 saturated heterocycles. The molecule has 0 fully saturated rings. The van der Waals surface area contributed by atoms with Crippen molar-refractivity contribution in [2.75, 3.05) is 0 Å². The van der Waals surface area contributed by atoms with Crippen LogP contribution in [-0.2, 0) is 4.43 Å². The topological polar surface area (TPSA) is 9.23 Å². The lowest BCUT2D eigenvalue weighted by Gasteiger charge is -1.93. The van der Waals surface area contributed by atoms with Crippen LogP contribution in [0.15, 0.2) is 24.6 Å². The van der Waals surface area contributed by atoms with Crippen LogP contribution in [0.1, 0.15) is 0 Å². The maximum absolute atomic E-state index is 11.0. The van der Waals surface area contributed by atoms with Gasteiger partial charge in [0.15, 0.2) is 9.76 Å². The first-order chi connectivity index (χ1) is 5.83. The first-order valence-corrected chi connectivity index (χ1v) is 6.15. The van der Waals surface area contributed by atoms with E-state index < -0.39 is 25.5 Å². The second-order valence-corrected chi connectivity index (χ2v) is 4.36. The summed E-state index contributed by atoms with van der Waals surface area (Å²) >= 11 is 0. The first-order valence-electron chi connectivity index (χ1n) is 3.04. The van der Waals surface area contributed by atoms with Gasteiger partial charge in [-0.2, -0.15) is 8.78 Å². The second kappa shape index (κ2) is 8.14. The van der Waals surface area contributed by atoms with E-state index in [0.717, 1.165) is 0 Å². The fourth-order valence-corrected chi connectivity index (χ4v) is 0.422. The van der Waals surface area contributed by atoms with Crippen LogP contribution < -0.4 is 0 Å². The fraction of sp³-hybridized carbons (Fsp3) is 0.200. The van der Waals surface area contributed by atoms with Crippen molar-refractivity contribution in [1.82, 2.24) is 0 Å². The molecule has 0 bridgehead atoms. The van der Waals surface area contributed by atoms with Crippen molar-refractivity contribution >= 4 is 18.8 Å². The molecule has 0 amide bonds. The van der Waals surface area contributed by atoms with E-state index in [1.807, 2.05) is 0 Å². The maximum Gasteiger partial charge on any atom is 0.644 e. The minimum absolute atomic E-state index is 0.0764. The van der Waals surface area contributed by atoms with Gasteiger partial charge >= 0.3 is 15.7 Å². The summed E-state index contributed by atoms with van der Waals surface area (Å²) in [6.07, 6.45) is 0. The standard InChI is InChI=1S/C3H6F2OSi.C2H3F3Si/c1-2-7-6-3(4)5;1-2-6(3,4)5/h2-3H,1,7H2;2H,1H2. The normalized spacial score (nSPS) is 11.2. The van der Waals surface area contributed by atoms with Crippen molar-refractivity contribution in [3.63, 3.8) is 0 Å². The molecule has 0 aliphatic carbocycles. The Labute approximate surface area is 76.4 Å². The molecule has 0 saturated carbocycles. The van der Waals surface area contributed by atoms with Crippen LogP contribution in [-0.4, -0.2) is 25.5 Å². The van der Waals surface area contributed by atoms with Crippen molar-refractivity contribution < 1.29 is 25.5 Å². The van der Waals surface area contributed by atoms with Crippen molar-refractivity contribution in [3.8, 4) is 0 Å². The third kappa shape index (κ3) is 24.6. The zero-order chi connectivity index (χ0) is 10.9. The molecule has 0 unspecified atom stereocenters. The van der Waals surface area contributed by atoms with Gasteiger partial charge in [-0.05, 0) is 5.70 Å². The zero-order valence-electron chi connectivity index (χ0n) is 6.65. The molecular weight excluding hydrogens is 227 g/mol. The van der Waals surface area contributed by atoms with Gasteiger partial charge in [-0.3, -0.25) is 0 Å². The molecule has 0 aliphatic heterocycles. The van der Waals surface area contributed by atoms with Gasteiger partial charge in [-0.1, -0.05) is 12.3 Å². The van der Waals surface area contributed by atoms with E-state index in [1.54, 1.807) is 0 Å². The molecule has 0 aliphatic rings. The summed E-state index contributed by atoms with van der Waals surface area (Å²) in [5.41, 5.74) is 1.49. The Kier molecular flexibility index (Phi) is 9.40. The highest BCUT2D eigenvalue weighted by atomic mass is 28.5. The van der Waals surface area contributed by atoms with E-state index in [2.05, 4.69) is 17.6 Å². The Morgan fingerprint density at radius 2 is 1.62 bits per heavy atom. The van der Waals surface area contributed by atoms with Crippen molar-refractivity contribution in [1.29, 1.82) is 0 Å². The van der Waals surface area contributed by atoms with Crippen molar-refractivity contribution in [2.45, 2.75) is 6.61 Å². The Balaban J connectivity index is 0. The van der Waals surface area contributed by atoms with E-state index in [9.17, 15) is 21.1 Å². The van der Waals surface area contributed by atoms with Gasteiger partial charge < -0.3 is 4.43 Å². The fourth-order valence-electron chi connectivity index (χ4n) is 0.141. The summed E-state index contributed by atoms with van der Waals surface area (Å²) < 4.78 is 58.3. The van der Waals surface area contributed by atoms with E-state index in [4.69, 9.17) is 0 Å². The van der Waals surface area contributed by atoms with E-state index in [1.165, 1.54) is 5.70 Å². The number of hydrogen-bond donors (Lipinski definition) is 0. The molecule has 0 aromatic rings. The van der Waals surface area contributed by atoms with Crippen LogP contribution in [0.4, 0.5) is 21.1 Å². The van der Waals surface area contributed by atoms with Crippen molar-refractivity contribution in [2.24, 2.45) is 0 Å². The average molecular weight is 236 g/mol. The average Bonchev–Trinajstić information content (AvgIpc) is 2.01. The zero-order valence-corrected chi connectivity index (χ0v) is 9.07. The van der Waals surface area contributed by atoms with Gasteiger partial charge in [0.1, 0.15) is 0 Å². The molecule has 0 spiro atoms. The molecule has 8 heteroatoms. The number of rotatable bonds is 4. The van der Waals surface area contributed by atoms with Crippen LogP contribution in [0.5, 0.6) is 0 Å². The van der Waals surface area contributed by atoms with Crippen LogP contribution in [0.25, 0.3) is 0 Å². The number of alkyl halides is 2. The third-order valence-corrected chi connectivity index (χ3v) is 1.71. The molecular formula is C5H9F5OSi2. The Morgan fingerprint density at radius 3 is 1.69 bits per heavy atom. The monoisotopic (exact) mass is 236 g/mol. The lowest BCUT2D eigenvalue weighted by Crippen LogP contribution is -2.08. The molecule has 0 aromatic heterocycles. The summed E-state index contributed by atoms with van der Waals surface area (Å²) in [7, 11) is -6.48. The minimum atomic E-state index is -5.37. The number of hydrogen-bond acceptors (Lipinski definition) is 1. The number of halogens is 5. The van der Waals surface area contributed by atoms with Gasteiger partial charge in [-0.25, -0.2) is 12.3 Å². The Morgan fingerprint density at radius 1 is 1.23 bits per heavy atom. The minimum Gasteiger partial charge on any atom is -0.367 e. The highest BCUT2D eigenvalue weighted by Gasteiger charge is 2.30. The van der Waals surface area contributed by atoms with Gasteiger partial charge in [0.2, 0.25) is 0 Å². The Bertz CT molecular complexity index is 146. The predicted molar refractivity (Wildman–Crippen MR) is 45.1 cm³/mol. The summed E-state index contributed by atoms with van der Waals surface area (Å²) in [5.74, 6) is 0. The van der Waals surface area contributed by atoms with E-state index >= 15 is 0 Å². The molecule has 1 nitrogen and oxygen atoms in total. The molecule has 0 rings (SSSR count). The quantitative estimate of drug-likeness (QED) is 0.412. The van der Waals surface area contributed by atoms with Gasteiger partial charge in [0.25, 0.3) is 0 Å². The van der Waals surface area contributed by atoms with Gasteiger partial charge in [0, 0.05) is 0 Å². The van der Waals surface area contributed by atoms with Gasteiger partial charge in [0.05, 0.1) is 0 Å². The summed E-state index contributed by atoms with van der Waals surface area (Å²) in [6, 6.07) is 0. The SMILES string of the molecule is C=C[SiH2]OC(F)F.C=C[Si](F)(F)F. The van der Waals surface area contributed by atoms with E-state index in [-0.39, 0.29) is 5.70 Å². The second-order valence-electron chi connectivity index (χ2n) is 1.63.